The second-order valence-corrected chi connectivity index (χ2v) is 4.09. The standard InChI is InChI=1S/C13H16O4/c1-2-10-12(11(14)13(15)17-10)16-8-9-6-4-3-5-7-9/h3-7,10-12,14H,2,8H2,1H3/t10-,11+,12-/m1/s1. The average Bonchev–Trinajstić information content (AvgIpc) is 2.64. The summed E-state index contributed by atoms with van der Waals surface area (Å²) in [6, 6.07) is 9.64. The van der Waals surface area contributed by atoms with Gasteiger partial charge in [0.2, 0.25) is 0 Å². The van der Waals surface area contributed by atoms with Crippen LogP contribution in [0.2, 0.25) is 0 Å². The summed E-state index contributed by atoms with van der Waals surface area (Å²) in [5.41, 5.74) is 1.01. The number of hydrogen-bond acceptors (Lipinski definition) is 4. The molecule has 0 aromatic heterocycles. The molecular weight excluding hydrogens is 220 g/mol. The molecule has 1 saturated heterocycles. The Morgan fingerprint density at radius 3 is 2.71 bits per heavy atom. The van der Waals surface area contributed by atoms with Gasteiger partial charge in [0.15, 0.2) is 6.10 Å². The summed E-state index contributed by atoms with van der Waals surface area (Å²) in [5.74, 6) is -0.588. The van der Waals surface area contributed by atoms with Crippen LogP contribution in [0.1, 0.15) is 18.9 Å². The van der Waals surface area contributed by atoms with E-state index in [0.29, 0.717) is 13.0 Å². The van der Waals surface area contributed by atoms with Gasteiger partial charge >= 0.3 is 5.97 Å². The quantitative estimate of drug-likeness (QED) is 0.800. The molecule has 0 radical (unpaired) electrons. The summed E-state index contributed by atoms with van der Waals surface area (Å²) in [4.78, 5) is 11.2. The number of ether oxygens (including phenoxy) is 2. The molecule has 3 atom stereocenters. The van der Waals surface area contributed by atoms with E-state index >= 15 is 0 Å². The SMILES string of the molecule is CC[C@H]1OC(=O)[C@@H](O)[C@@H]1OCc1ccccc1. The van der Waals surface area contributed by atoms with Gasteiger partial charge < -0.3 is 14.6 Å². The highest BCUT2D eigenvalue weighted by molar-refractivity contribution is 5.77. The number of carbonyl (C=O) groups is 1. The lowest BCUT2D eigenvalue weighted by Crippen LogP contribution is -2.33. The molecule has 1 aromatic carbocycles. The summed E-state index contributed by atoms with van der Waals surface area (Å²) in [6.45, 7) is 2.27. The Labute approximate surface area is 100 Å². The van der Waals surface area contributed by atoms with E-state index in [-0.39, 0.29) is 6.10 Å². The van der Waals surface area contributed by atoms with E-state index in [0.717, 1.165) is 5.56 Å². The molecular formula is C13H16O4. The van der Waals surface area contributed by atoms with Gasteiger partial charge in [-0.15, -0.1) is 0 Å². The van der Waals surface area contributed by atoms with E-state index in [1.54, 1.807) is 0 Å². The lowest BCUT2D eigenvalue weighted by molar-refractivity contribution is -0.147. The fraction of sp³-hybridized carbons (Fsp3) is 0.462. The summed E-state index contributed by atoms with van der Waals surface area (Å²) < 4.78 is 10.6. The first kappa shape index (κ1) is 12.1. The van der Waals surface area contributed by atoms with E-state index in [1.807, 2.05) is 37.3 Å². The molecule has 92 valence electrons. The molecule has 0 amide bonds. The van der Waals surface area contributed by atoms with Crippen LogP contribution in [0.5, 0.6) is 0 Å². The number of hydrogen-bond donors (Lipinski definition) is 1. The molecule has 0 saturated carbocycles. The number of rotatable bonds is 4. The molecule has 2 rings (SSSR count). The van der Waals surface area contributed by atoms with Gasteiger partial charge in [-0.3, -0.25) is 0 Å². The number of cyclic esters (lactones) is 1. The molecule has 1 aliphatic rings. The van der Waals surface area contributed by atoms with Crippen molar-refractivity contribution in [3.05, 3.63) is 35.9 Å². The third-order valence-corrected chi connectivity index (χ3v) is 2.87. The third kappa shape index (κ3) is 2.65. The van der Waals surface area contributed by atoms with Crippen molar-refractivity contribution >= 4 is 5.97 Å². The number of aliphatic hydroxyl groups excluding tert-OH is 1. The topological polar surface area (TPSA) is 55.8 Å². The maximum absolute atomic E-state index is 11.2. The normalized spacial score (nSPS) is 28.1. The lowest BCUT2D eigenvalue weighted by Gasteiger charge is -2.18. The molecule has 1 aromatic rings. The zero-order chi connectivity index (χ0) is 12.3. The highest BCUT2D eigenvalue weighted by Gasteiger charge is 2.43. The number of aliphatic hydroxyl groups is 1. The first-order chi connectivity index (χ1) is 8.22. The van der Waals surface area contributed by atoms with Gasteiger partial charge in [0.05, 0.1) is 6.61 Å². The predicted molar refractivity (Wildman–Crippen MR) is 61.2 cm³/mol. The van der Waals surface area contributed by atoms with Gasteiger partial charge in [-0.1, -0.05) is 37.3 Å². The van der Waals surface area contributed by atoms with Crippen molar-refractivity contribution in [2.75, 3.05) is 0 Å². The monoisotopic (exact) mass is 236 g/mol. The van der Waals surface area contributed by atoms with E-state index in [1.165, 1.54) is 0 Å². The Hall–Kier alpha value is -1.39. The minimum Gasteiger partial charge on any atom is -0.457 e. The van der Waals surface area contributed by atoms with Crippen molar-refractivity contribution in [2.24, 2.45) is 0 Å². The Bertz CT molecular complexity index is 376. The van der Waals surface area contributed by atoms with Crippen LogP contribution in [0.15, 0.2) is 30.3 Å². The van der Waals surface area contributed by atoms with Gasteiger partial charge in [-0.2, -0.15) is 0 Å². The number of benzene rings is 1. The van der Waals surface area contributed by atoms with Gasteiger partial charge in [-0.25, -0.2) is 4.79 Å². The maximum atomic E-state index is 11.2. The van der Waals surface area contributed by atoms with Crippen LogP contribution in [-0.2, 0) is 20.9 Å². The van der Waals surface area contributed by atoms with Crippen LogP contribution in [-0.4, -0.2) is 29.4 Å². The average molecular weight is 236 g/mol. The first-order valence-electron chi connectivity index (χ1n) is 5.76. The van der Waals surface area contributed by atoms with Crippen LogP contribution >= 0.6 is 0 Å². The van der Waals surface area contributed by atoms with Crippen molar-refractivity contribution in [3.8, 4) is 0 Å². The molecule has 4 nitrogen and oxygen atoms in total. The Balaban J connectivity index is 1.96. The molecule has 1 aliphatic heterocycles. The fourth-order valence-corrected chi connectivity index (χ4v) is 1.90. The zero-order valence-corrected chi connectivity index (χ0v) is 9.70. The van der Waals surface area contributed by atoms with Crippen molar-refractivity contribution < 1.29 is 19.4 Å². The van der Waals surface area contributed by atoms with Gasteiger partial charge in [0.25, 0.3) is 0 Å². The second kappa shape index (κ2) is 5.29. The Morgan fingerprint density at radius 1 is 1.35 bits per heavy atom. The van der Waals surface area contributed by atoms with Crippen molar-refractivity contribution in [1.82, 2.24) is 0 Å². The summed E-state index contributed by atoms with van der Waals surface area (Å²) in [6.07, 6.45) is -1.43. The Kier molecular flexibility index (Phi) is 3.76. The minimum absolute atomic E-state index is 0.346. The molecule has 0 bridgehead atoms. The molecule has 17 heavy (non-hydrogen) atoms. The van der Waals surface area contributed by atoms with Crippen LogP contribution in [0, 0.1) is 0 Å². The fourth-order valence-electron chi connectivity index (χ4n) is 1.90. The van der Waals surface area contributed by atoms with Gasteiger partial charge in [0.1, 0.15) is 12.2 Å². The molecule has 0 spiro atoms. The smallest absolute Gasteiger partial charge is 0.338 e. The maximum Gasteiger partial charge on any atom is 0.338 e. The summed E-state index contributed by atoms with van der Waals surface area (Å²) in [7, 11) is 0. The van der Waals surface area contributed by atoms with Crippen LogP contribution < -0.4 is 0 Å². The zero-order valence-electron chi connectivity index (χ0n) is 9.70. The summed E-state index contributed by atoms with van der Waals surface area (Å²) >= 11 is 0. The third-order valence-electron chi connectivity index (χ3n) is 2.87. The lowest BCUT2D eigenvalue weighted by atomic mass is 10.1. The summed E-state index contributed by atoms with van der Waals surface area (Å²) in [5, 5.41) is 9.64. The van der Waals surface area contributed by atoms with Crippen molar-refractivity contribution in [3.63, 3.8) is 0 Å². The van der Waals surface area contributed by atoms with Crippen LogP contribution in [0.3, 0.4) is 0 Å². The Morgan fingerprint density at radius 2 is 2.06 bits per heavy atom. The van der Waals surface area contributed by atoms with Gasteiger partial charge in [0, 0.05) is 0 Å². The highest BCUT2D eigenvalue weighted by Crippen LogP contribution is 2.22. The van der Waals surface area contributed by atoms with Gasteiger partial charge in [-0.05, 0) is 12.0 Å². The minimum atomic E-state index is -1.16. The number of carbonyl (C=O) groups excluding carboxylic acids is 1. The van der Waals surface area contributed by atoms with Crippen LogP contribution in [0.4, 0.5) is 0 Å². The van der Waals surface area contributed by atoms with E-state index in [9.17, 15) is 9.90 Å². The highest BCUT2D eigenvalue weighted by atomic mass is 16.6. The largest absolute Gasteiger partial charge is 0.457 e. The molecule has 4 heteroatoms. The second-order valence-electron chi connectivity index (χ2n) is 4.09. The molecule has 1 heterocycles. The molecule has 1 N–H and O–H groups in total. The molecule has 0 aliphatic carbocycles. The number of esters is 1. The van der Waals surface area contributed by atoms with E-state index in [4.69, 9.17) is 9.47 Å². The van der Waals surface area contributed by atoms with Crippen molar-refractivity contribution in [2.45, 2.75) is 38.3 Å². The van der Waals surface area contributed by atoms with Crippen LogP contribution in [0.25, 0.3) is 0 Å². The van der Waals surface area contributed by atoms with E-state index in [2.05, 4.69) is 0 Å². The van der Waals surface area contributed by atoms with E-state index < -0.39 is 18.2 Å². The molecule has 0 unspecified atom stereocenters. The van der Waals surface area contributed by atoms with Crippen molar-refractivity contribution in [1.29, 1.82) is 0 Å². The predicted octanol–water partition coefficient (Wildman–Crippen LogP) is 1.27. The first-order valence-corrected chi connectivity index (χ1v) is 5.76. The molecule has 1 fully saturated rings.